The second kappa shape index (κ2) is 9.58. The summed E-state index contributed by atoms with van der Waals surface area (Å²) in [6, 6.07) is 5.46. The van der Waals surface area contributed by atoms with Crippen LogP contribution in [-0.2, 0) is 4.79 Å². The van der Waals surface area contributed by atoms with Gasteiger partial charge in [0.1, 0.15) is 17.9 Å². The van der Waals surface area contributed by atoms with E-state index in [1.165, 1.54) is 6.08 Å². The van der Waals surface area contributed by atoms with Crippen LogP contribution in [-0.4, -0.2) is 69.9 Å². The van der Waals surface area contributed by atoms with Gasteiger partial charge in [0.05, 0.1) is 11.7 Å². The number of benzene rings is 2. The third kappa shape index (κ3) is 4.61. The van der Waals surface area contributed by atoms with Crippen LogP contribution < -0.4 is 10.2 Å². The van der Waals surface area contributed by atoms with Crippen LogP contribution in [0.3, 0.4) is 0 Å². The highest BCUT2D eigenvalue weighted by Crippen LogP contribution is 2.40. The Labute approximate surface area is 215 Å². The van der Waals surface area contributed by atoms with Gasteiger partial charge in [-0.25, -0.2) is 9.37 Å². The van der Waals surface area contributed by atoms with Gasteiger partial charge in [0.15, 0.2) is 5.82 Å². The molecule has 2 N–H and O–H groups in total. The van der Waals surface area contributed by atoms with E-state index >= 15 is 4.39 Å². The van der Waals surface area contributed by atoms with Crippen LogP contribution in [0.15, 0.2) is 37.1 Å². The molecule has 0 unspecified atom stereocenters. The van der Waals surface area contributed by atoms with Crippen molar-refractivity contribution in [3.63, 3.8) is 0 Å². The van der Waals surface area contributed by atoms with E-state index in [0.29, 0.717) is 54.1 Å². The molecule has 0 saturated carbocycles. The maximum Gasteiger partial charge on any atom is 0.405 e. The standard InChI is InChI=1S/C26H25F4N7O/c1-4-19(38)36-7-9-37(10-8-36)24-16-11-15(3)21(20-14(2)5-6-18-17(20)12-32-35-18)22(27)23(16)33-25(34-24)31-13-26(28,29)30/h4-6,11-12H,1,7-10,13H2,2-3H3,(H,32,35)(H,31,33,34). The number of nitrogens with zero attached hydrogens (tertiary/aromatic N) is 5. The zero-order chi connectivity index (χ0) is 27.2. The lowest BCUT2D eigenvalue weighted by atomic mass is 9.92. The Morgan fingerprint density at radius 2 is 1.84 bits per heavy atom. The van der Waals surface area contributed by atoms with Gasteiger partial charge in [-0.2, -0.15) is 23.3 Å². The van der Waals surface area contributed by atoms with Crippen LogP contribution in [0.25, 0.3) is 32.9 Å². The van der Waals surface area contributed by atoms with Crippen molar-refractivity contribution >= 4 is 39.5 Å². The Morgan fingerprint density at radius 3 is 2.53 bits per heavy atom. The number of hydrogen-bond donors (Lipinski definition) is 2. The van der Waals surface area contributed by atoms with Crippen LogP contribution in [0, 0.1) is 19.7 Å². The first-order chi connectivity index (χ1) is 18.1. The van der Waals surface area contributed by atoms with Crippen LogP contribution in [0.4, 0.5) is 29.3 Å². The first-order valence-electron chi connectivity index (χ1n) is 12.0. The highest BCUT2D eigenvalue weighted by atomic mass is 19.4. The third-order valence-corrected chi connectivity index (χ3v) is 6.70. The molecule has 3 heterocycles. The summed E-state index contributed by atoms with van der Waals surface area (Å²) in [5, 5.41) is 10.3. The van der Waals surface area contributed by atoms with E-state index in [9.17, 15) is 18.0 Å². The molecule has 1 aliphatic heterocycles. The number of alkyl halides is 3. The van der Waals surface area contributed by atoms with E-state index in [1.54, 1.807) is 24.1 Å². The fraction of sp³-hybridized carbons (Fsp3) is 0.308. The number of nitrogens with one attached hydrogen (secondary N) is 2. The number of aromatic amines is 1. The number of carbonyl (C=O) groups is 1. The molecule has 1 saturated heterocycles. The molecule has 198 valence electrons. The second-order valence-corrected chi connectivity index (χ2v) is 9.22. The van der Waals surface area contributed by atoms with Crippen LogP contribution in [0.1, 0.15) is 11.1 Å². The molecule has 2 aromatic heterocycles. The summed E-state index contributed by atoms with van der Waals surface area (Å²) in [5.74, 6) is -0.894. The Balaban J connectivity index is 1.67. The summed E-state index contributed by atoms with van der Waals surface area (Å²) in [5.41, 5.74) is 3.00. The minimum Gasteiger partial charge on any atom is -0.352 e. The third-order valence-electron chi connectivity index (χ3n) is 6.70. The number of H-pyrrole nitrogens is 1. The Kier molecular flexibility index (Phi) is 6.41. The van der Waals surface area contributed by atoms with Crippen molar-refractivity contribution in [3.05, 3.63) is 54.0 Å². The predicted molar refractivity (Wildman–Crippen MR) is 138 cm³/mol. The lowest BCUT2D eigenvalue weighted by Crippen LogP contribution is -2.48. The molecule has 4 aromatic rings. The topological polar surface area (TPSA) is 90.0 Å². The number of aromatic nitrogens is 4. The van der Waals surface area contributed by atoms with Gasteiger partial charge >= 0.3 is 6.18 Å². The molecular formula is C26H25F4N7O. The first kappa shape index (κ1) is 25.4. The highest BCUT2D eigenvalue weighted by molar-refractivity contribution is 6.02. The lowest BCUT2D eigenvalue weighted by molar-refractivity contribution is -0.126. The Morgan fingerprint density at radius 1 is 1.11 bits per heavy atom. The average molecular weight is 528 g/mol. The number of piperazine rings is 1. The fourth-order valence-corrected chi connectivity index (χ4v) is 4.87. The molecule has 1 amide bonds. The molecule has 1 aliphatic rings. The number of aryl methyl sites for hydroxylation is 2. The van der Waals surface area contributed by atoms with Crippen molar-refractivity contribution < 1.29 is 22.4 Å². The summed E-state index contributed by atoms with van der Waals surface area (Å²) in [6.07, 6.45) is -1.66. The molecule has 2 aromatic carbocycles. The van der Waals surface area contributed by atoms with Crippen molar-refractivity contribution in [1.82, 2.24) is 25.1 Å². The maximum absolute atomic E-state index is 16.4. The number of fused-ring (bicyclic) bond motifs is 2. The predicted octanol–water partition coefficient (Wildman–Crippen LogP) is 4.74. The molecule has 8 nitrogen and oxygen atoms in total. The summed E-state index contributed by atoms with van der Waals surface area (Å²) >= 11 is 0. The van der Waals surface area contributed by atoms with Gasteiger partial charge in [-0.3, -0.25) is 9.89 Å². The van der Waals surface area contributed by atoms with Gasteiger partial charge in [-0.15, -0.1) is 0 Å². The van der Waals surface area contributed by atoms with Gasteiger partial charge in [-0.05, 0) is 48.7 Å². The number of amides is 1. The fourth-order valence-electron chi connectivity index (χ4n) is 4.87. The number of hydrogen-bond acceptors (Lipinski definition) is 6. The van der Waals surface area contributed by atoms with E-state index in [-0.39, 0.29) is 17.4 Å². The van der Waals surface area contributed by atoms with Gasteiger partial charge in [-0.1, -0.05) is 12.6 Å². The zero-order valence-corrected chi connectivity index (χ0v) is 20.8. The number of anilines is 2. The molecule has 0 spiro atoms. The normalized spacial score (nSPS) is 14.4. The van der Waals surface area contributed by atoms with Gasteiger partial charge < -0.3 is 15.1 Å². The maximum atomic E-state index is 16.4. The summed E-state index contributed by atoms with van der Waals surface area (Å²) in [7, 11) is 0. The quantitative estimate of drug-likeness (QED) is 0.288. The van der Waals surface area contributed by atoms with Crippen molar-refractivity contribution in [2.24, 2.45) is 0 Å². The molecule has 0 aliphatic carbocycles. The molecule has 0 atom stereocenters. The SMILES string of the molecule is C=CC(=O)N1CCN(c2nc(NCC(F)(F)F)nc3c(F)c(-c4c(C)ccc5[nH]ncc45)c(C)cc23)CC1. The van der Waals surface area contributed by atoms with E-state index in [0.717, 1.165) is 16.5 Å². The van der Waals surface area contributed by atoms with E-state index in [1.807, 2.05) is 24.0 Å². The molecule has 0 radical (unpaired) electrons. The second-order valence-electron chi connectivity index (χ2n) is 9.22. The van der Waals surface area contributed by atoms with Crippen molar-refractivity contribution in [3.8, 4) is 11.1 Å². The molecule has 5 rings (SSSR count). The smallest absolute Gasteiger partial charge is 0.352 e. The lowest BCUT2D eigenvalue weighted by Gasteiger charge is -2.35. The van der Waals surface area contributed by atoms with Crippen LogP contribution in [0.5, 0.6) is 0 Å². The number of carbonyl (C=O) groups excluding carboxylic acids is 1. The molecule has 0 bridgehead atoms. The summed E-state index contributed by atoms with van der Waals surface area (Å²) in [4.78, 5) is 24.0. The van der Waals surface area contributed by atoms with Crippen molar-refractivity contribution in [1.29, 1.82) is 0 Å². The van der Waals surface area contributed by atoms with Crippen LogP contribution in [0.2, 0.25) is 0 Å². The zero-order valence-electron chi connectivity index (χ0n) is 20.8. The number of rotatable bonds is 5. The van der Waals surface area contributed by atoms with E-state index in [2.05, 4.69) is 32.1 Å². The Bertz CT molecular complexity index is 1560. The summed E-state index contributed by atoms with van der Waals surface area (Å²) < 4.78 is 55.3. The van der Waals surface area contributed by atoms with Gasteiger partial charge in [0, 0.05) is 42.5 Å². The van der Waals surface area contributed by atoms with E-state index < -0.39 is 18.5 Å². The monoisotopic (exact) mass is 527 g/mol. The minimum absolute atomic E-state index is 0.0928. The Hall–Kier alpha value is -4.22. The van der Waals surface area contributed by atoms with Gasteiger partial charge in [0.2, 0.25) is 11.9 Å². The van der Waals surface area contributed by atoms with Gasteiger partial charge in [0.25, 0.3) is 0 Å². The largest absolute Gasteiger partial charge is 0.405 e. The van der Waals surface area contributed by atoms with E-state index in [4.69, 9.17) is 0 Å². The molecule has 1 fully saturated rings. The highest BCUT2D eigenvalue weighted by Gasteiger charge is 2.29. The average Bonchev–Trinajstić information content (AvgIpc) is 3.37. The number of halogens is 4. The van der Waals surface area contributed by atoms with Crippen LogP contribution >= 0.6 is 0 Å². The summed E-state index contributed by atoms with van der Waals surface area (Å²) in [6.45, 7) is 7.22. The van der Waals surface area contributed by atoms with Crippen molar-refractivity contribution in [2.45, 2.75) is 20.0 Å². The molecular weight excluding hydrogens is 502 g/mol. The minimum atomic E-state index is -4.51. The first-order valence-corrected chi connectivity index (χ1v) is 12.0. The van der Waals surface area contributed by atoms with Crippen molar-refractivity contribution in [2.75, 3.05) is 42.9 Å². The molecule has 38 heavy (non-hydrogen) atoms. The molecule has 12 heteroatoms.